The fourth-order valence-corrected chi connectivity index (χ4v) is 4.30. The van der Waals surface area contributed by atoms with E-state index in [4.69, 9.17) is 0 Å². The Kier molecular flexibility index (Phi) is 4.56. The van der Waals surface area contributed by atoms with E-state index < -0.39 is 0 Å². The fraction of sp³-hybridized carbons (Fsp3) is 0.381. The summed E-state index contributed by atoms with van der Waals surface area (Å²) in [6, 6.07) is 7.54. The van der Waals surface area contributed by atoms with Crippen LogP contribution >= 0.6 is 0 Å². The van der Waals surface area contributed by atoms with Crippen molar-refractivity contribution in [3.05, 3.63) is 48.2 Å². The number of nitrogens with zero attached hydrogens (tertiary/aromatic N) is 1. The summed E-state index contributed by atoms with van der Waals surface area (Å²) in [5.41, 5.74) is 2.23. The van der Waals surface area contributed by atoms with Gasteiger partial charge >= 0.3 is 0 Å². The Bertz CT molecular complexity index is 944. The van der Waals surface area contributed by atoms with Gasteiger partial charge in [-0.05, 0) is 37.0 Å². The summed E-state index contributed by atoms with van der Waals surface area (Å²) in [7, 11) is 0. The Balaban J connectivity index is 1.55. The highest BCUT2D eigenvalue weighted by Gasteiger charge is 2.30. The predicted octanol–water partition coefficient (Wildman–Crippen LogP) is 2.43. The Morgan fingerprint density at radius 1 is 1.30 bits per heavy atom. The van der Waals surface area contributed by atoms with Crippen LogP contribution in [-0.2, 0) is 11.3 Å². The third-order valence-corrected chi connectivity index (χ3v) is 5.70. The zero-order valence-electron chi connectivity index (χ0n) is 15.2. The normalized spacial score (nSPS) is 21.6. The molecule has 2 atom stereocenters. The van der Waals surface area contributed by atoms with Crippen molar-refractivity contribution in [2.24, 2.45) is 5.92 Å². The maximum absolute atomic E-state index is 12.9. The molecule has 0 saturated heterocycles. The van der Waals surface area contributed by atoms with Crippen LogP contribution in [0.5, 0.6) is 0 Å². The number of nitrogens with one attached hydrogen (secondary N) is 2. The van der Waals surface area contributed by atoms with Crippen LogP contribution in [0.25, 0.3) is 10.9 Å². The van der Waals surface area contributed by atoms with Crippen LogP contribution in [0.4, 0.5) is 0 Å². The van der Waals surface area contributed by atoms with Crippen molar-refractivity contribution in [1.82, 2.24) is 15.2 Å². The summed E-state index contributed by atoms with van der Waals surface area (Å²) >= 11 is 0. The molecule has 0 radical (unpaired) electrons. The van der Waals surface area contributed by atoms with E-state index in [1.807, 2.05) is 28.8 Å². The molecule has 1 aromatic heterocycles. The van der Waals surface area contributed by atoms with Crippen molar-refractivity contribution in [2.45, 2.75) is 38.3 Å². The number of aromatic nitrogens is 1. The third kappa shape index (κ3) is 3.27. The van der Waals surface area contributed by atoms with E-state index in [1.165, 1.54) is 6.08 Å². The Morgan fingerprint density at radius 3 is 2.96 bits per heavy atom. The van der Waals surface area contributed by atoms with Crippen LogP contribution in [0.3, 0.4) is 0 Å². The van der Waals surface area contributed by atoms with Crippen LogP contribution in [0.2, 0.25) is 0 Å². The number of ketones is 1. The van der Waals surface area contributed by atoms with Crippen molar-refractivity contribution < 1.29 is 14.4 Å². The molecule has 1 aliphatic carbocycles. The first kappa shape index (κ1) is 17.5. The van der Waals surface area contributed by atoms with Gasteiger partial charge in [0, 0.05) is 42.0 Å². The average Bonchev–Trinajstić information content (AvgIpc) is 3.26. The summed E-state index contributed by atoms with van der Waals surface area (Å²) in [6.45, 7) is 4.80. The molecule has 2 N–H and O–H groups in total. The molecular formula is C21H23N3O3. The summed E-state index contributed by atoms with van der Waals surface area (Å²) in [5.74, 6) is -0.0162. The minimum Gasteiger partial charge on any atom is -0.350 e. The Hall–Kier alpha value is -2.89. The number of rotatable bonds is 5. The maximum atomic E-state index is 12.9. The zero-order valence-corrected chi connectivity index (χ0v) is 15.2. The maximum Gasteiger partial charge on any atom is 0.268 e. The summed E-state index contributed by atoms with van der Waals surface area (Å²) in [4.78, 5) is 36.5. The lowest BCUT2D eigenvalue weighted by molar-refractivity contribution is -0.117. The molecule has 27 heavy (non-hydrogen) atoms. The molecule has 2 aliphatic rings. The van der Waals surface area contributed by atoms with E-state index in [2.05, 4.69) is 17.2 Å². The summed E-state index contributed by atoms with van der Waals surface area (Å²) in [6.07, 6.45) is 4.55. The first-order valence-electron chi connectivity index (χ1n) is 9.44. The average molecular weight is 365 g/mol. The van der Waals surface area contributed by atoms with Gasteiger partial charge in [-0.2, -0.15) is 0 Å². The van der Waals surface area contributed by atoms with Crippen LogP contribution < -0.4 is 10.6 Å². The molecule has 6 nitrogen and oxygen atoms in total. The minimum absolute atomic E-state index is 0.0351. The van der Waals surface area contributed by atoms with Gasteiger partial charge in [0.25, 0.3) is 5.91 Å². The molecule has 2 heterocycles. The van der Waals surface area contributed by atoms with Gasteiger partial charge in [0.15, 0.2) is 5.78 Å². The second-order valence-corrected chi connectivity index (χ2v) is 7.35. The quantitative estimate of drug-likeness (QED) is 0.631. The largest absolute Gasteiger partial charge is 0.350 e. The molecule has 1 aliphatic heterocycles. The van der Waals surface area contributed by atoms with Crippen molar-refractivity contribution in [1.29, 1.82) is 0 Å². The van der Waals surface area contributed by atoms with E-state index in [0.29, 0.717) is 30.8 Å². The third-order valence-electron chi connectivity index (χ3n) is 5.70. The van der Waals surface area contributed by atoms with Gasteiger partial charge in [0.2, 0.25) is 5.91 Å². The van der Waals surface area contributed by atoms with Gasteiger partial charge in [-0.3, -0.25) is 14.4 Å². The van der Waals surface area contributed by atoms with E-state index in [-0.39, 0.29) is 29.6 Å². The van der Waals surface area contributed by atoms with Crippen molar-refractivity contribution in [3.8, 4) is 0 Å². The lowest BCUT2D eigenvalue weighted by Crippen LogP contribution is -2.37. The lowest BCUT2D eigenvalue weighted by Gasteiger charge is -2.20. The van der Waals surface area contributed by atoms with E-state index in [0.717, 1.165) is 30.2 Å². The highest BCUT2D eigenvalue weighted by molar-refractivity contribution is 6.03. The second kappa shape index (κ2) is 7.02. The molecule has 6 heteroatoms. The standard InChI is InChI=1S/C21H23N3O3/c1-2-20(26)23-16-5-3-4-13(16)12-19(25)15-7-6-14-10-18-21(27)22-8-9-24(18)17(14)11-15/h2,6-7,10-11,13,16H,1,3-5,8-9,12H2,(H,22,27)(H,23,26)/t13-,16-/m1/s1. The van der Waals surface area contributed by atoms with Gasteiger partial charge in [-0.1, -0.05) is 25.1 Å². The molecular weight excluding hydrogens is 342 g/mol. The topological polar surface area (TPSA) is 80.2 Å². The number of benzene rings is 1. The number of amides is 2. The zero-order chi connectivity index (χ0) is 19.0. The number of fused-ring (bicyclic) bond motifs is 3. The van der Waals surface area contributed by atoms with Crippen molar-refractivity contribution in [2.75, 3.05) is 6.54 Å². The van der Waals surface area contributed by atoms with E-state index in [1.54, 1.807) is 0 Å². The molecule has 1 fully saturated rings. The van der Waals surface area contributed by atoms with Gasteiger partial charge in [-0.15, -0.1) is 0 Å². The molecule has 1 saturated carbocycles. The van der Waals surface area contributed by atoms with E-state index in [9.17, 15) is 14.4 Å². The molecule has 2 aromatic rings. The monoisotopic (exact) mass is 365 g/mol. The molecule has 0 unspecified atom stereocenters. The number of Topliss-reactive ketones (excluding diaryl/α,β-unsaturated/α-hetero) is 1. The molecule has 1 aromatic carbocycles. The van der Waals surface area contributed by atoms with Gasteiger partial charge < -0.3 is 15.2 Å². The van der Waals surface area contributed by atoms with Crippen LogP contribution in [0.1, 0.15) is 46.5 Å². The molecule has 0 spiro atoms. The fourth-order valence-electron chi connectivity index (χ4n) is 4.30. The first-order valence-corrected chi connectivity index (χ1v) is 9.44. The highest BCUT2D eigenvalue weighted by atomic mass is 16.2. The summed E-state index contributed by atoms with van der Waals surface area (Å²) < 4.78 is 1.98. The van der Waals surface area contributed by atoms with Crippen LogP contribution in [0.15, 0.2) is 36.9 Å². The smallest absolute Gasteiger partial charge is 0.268 e. The van der Waals surface area contributed by atoms with Crippen LogP contribution in [-0.4, -0.2) is 34.8 Å². The number of carbonyl (C=O) groups is 3. The minimum atomic E-state index is -0.182. The van der Waals surface area contributed by atoms with Crippen molar-refractivity contribution >= 4 is 28.5 Å². The molecule has 4 rings (SSSR count). The van der Waals surface area contributed by atoms with Gasteiger partial charge in [0.05, 0.1) is 0 Å². The number of hydrogen-bond acceptors (Lipinski definition) is 3. The lowest BCUT2D eigenvalue weighted by atomic mass is 9.93. The number of hydrogen-bond donors (Lipinski definition) is 2. The van der Waals surface area contributed by atoms with Gasteiger partial charge in [-0.25, -0.2) is 0 Å². The molecule has 0 bridgehead atoms. The van der Waals surface area contributed by atoms with Crippen LogP contribution in [0, 0.1) is 5.92 Å². The second-order valence-electron chi connectivity index (χ2n) is 7.35. The first-order chi connectivity index (χ1) is 13.1. The highest BCUT2D eigenvalue weighted by Crippen LogP contribution is 2.30. The van der Waals surface area contributed by atoms with Crippen molar-refractivity contribution in [3.63, 3.8) is 0 Å². The SMILES string of the molecule is C=CC(=O)N[C@@H]1CCC[C@@H]1CC(=O)c1ccc2cc3n(c2c1)CCNC3=O. The Labute approximate surface area is 157 Å². The van der Waals surface area contributed by atoms with E-state index >= 15 is 0 Å². The number of carbonyl (C=O) groups excluding carboxylic acids is 3. The molecule has 140 valence electrons. The van der Waals surface area contributed by atoms with Gasteiger partial charge in [0.1, 0.15) is 5.69 Å². The molecule has 2 amide bonds. The Morgan fingerprint density at radius 2 is 2.15 bits per heavy atom. The predicted molar refractivity (Wildman–Crippen MR) is 103 cm³/mol. The summed E-state index contributed by atoms with van der Waals surface area (Å²) in [5, 5.41) is 6.76.